The molecule has 172 valence electrons. The number of anilines is 1. The molecule has 0 bridgehead atoms. The molecule has 0 atom stereocenters. The van der Waals surface area contributed by atoms with Crippen LogP contribution in [0.5, 0.6) is 0 Å². The fourth-order valence-electron chi connectivity index (χ4n) is 3.44. The first kappa shape index (κ1) is 23.2. The molecule has 2 heterocycles. The molecule has 3 aromatic rings. The fourth-order valence-corrected chi connectivity index (χ4v) is 3.80. The molecule has 0 fully saturated rings. The number of esters is 1. The Bertz CT molecular complexity index is 1350. The second kappa shape index (κ2) is 9.48. The normalized spacial score (nSPS) is 14.4. The van der Waals surface area contributed by atoms with Gasteiger partial charge < -0.3 is 14.3 Å². The Morgan fingerprint density at radius 3 is 2.56 bits per heavy atom. The first-order chi connectivity index (χ1) is 16.3. The lowest BCUT2D eigenvalue weighted by molar-refractivity contribution is -0.114. The summed E-state index contributed by atoms with van der Waals surface area (Å²) < 4.78 is 11.4. The SMILES string of the molecule is CCOC(=O)c1ccc(N2N=C(C)/C(=C/c3ccc(-c4ccc(Br)cc4C(=O)O)o3)C2=O)cc1. The Kier molecular flexibility index (Phi) is 6.47. The Morgan fingerprint density at radius 1 is 1.15 bits per heavy atom. The van der Waals surface area contributed by atoms with Gasteiger partial charge in [-0.1, -0.05) is 15.9 Å². The molecule has 1 N–H and O–H groups in total. The van der Waals surface area contributed by atoms with Crippen LogP contribution in [0.25, 0.3) is 17.4 Å². The van der Waals surface area contributed by atoms with Gasteiger partial charge >= 0.3 is 11.9 Å². The number of hydrogen-bond donors (Lipinski definition) is 1. The number of amides is 1. The zero-order valence-corrected chi connectivity index (χ0v) is 19.8. The van der Waals surface area contributed by atoms with Crippen molar-refractivity contribution < 1.29 is 28.6 Å². The lowest BCUT2D eigenvalue weighted by Crippen LogP contribution is -2.21. The number of carbonyl (C=O) groups excluding carboxylic acids is 2. The van der Waals surface area contributed by atoms with Crippen LogP contribution < -0.4 is 5.01 Å². The lowest BCUT2D eigenvalue weighted by atomic mass is 10.1. The Morgan fingerprint density at radius 2 is 1.88 bits per heavy atom. The number of carboxylic acids is 1. The Hall–Kier alpha value is -3.98. The van der Waals surface area contributed by atoms with Crippen LogP contribution in [0.4, 0.5) is 5.69 Å². The van der Waals surface area contributed by atoms with Crippen LogP contribution in [0.15, 0.2) is 74.2 Å². The van der Waals surface area contributed by atoms with Crippen molar-refractivity contribution in [2.75, 3.05) is 11.6 Å². The van der Waals surface area contributed by atoms with Crippen LogP contribution in [0.2, 0.25) is 0 Å². The number of hydrazone groups is 1. The summed E-state index contributed by atoms with van der Waals surface area (Å²) in [4.78, 5) is 36.5. The van der Waals surface area contributed by atoms with Crippen molar-refractivity contribution in [1.29, 1.82) is 0 Å². The van der Waals surface area contributed by atoms with Crippen LogP contribution >= 0.6 is 15.9 Å². The molecule has 1 amide bonds. The van der Waals surface area contributed by atoms with Crippen molar-refractivity contribution in [3.8, 4) is 11.3 Å². The monoisotopic (exact) mass is 522 g/mol. The fraction of sp³-hybridized carbons (Fsp3) is 0.120. The molecule has 1 aromatic heterocycles. The standard InChI is InChI=1S/C25H19BrN2O6/c1-3-33-25(32)15-4-7-17(8-5-15)28-23(29)20(14(2)27-28)13-18-9-11-22(34-18)19-10-6-16(26)12-21(19)24(30)31/h4-13H,3H2,1-2H3,(H,30,31)/b20-13-. The predicted octanol–water partition coefficient (Wildman–Crippen LogP) is 5.39. The van der Waals surface area contributed by atoms with E-state index in [2.05, 4.69) is 21.0 Å². The lowest BCUT2D eigenvalue weighted by Gasteiger charge is -2.12. The summed E-state index contributed by atoms with van der Waals surface area (Å²) in [7, 11) is 0. The summed E-state index contributed by atoms with van der Waals surface area (Å²) in [5.74, 6) is -1.12. The zero-order chi connectivity index (χ0) is 24.4. The summed E-state index contributed by atoms with van der Waals surface area (Å²) in [5, 5.41) is 15.1. The van der Waals surface area contributed by atoms with Gasteiger partial charge in [-0.15, -0.1) is 0 Å². The van der Waals surface area contributed by atoms with Crippen LogP contribution in [0.3, 0.4) is 0 Å². The molecule has 0 aliphatic carbocycles. The number of nitrogens with zero attached hydrogens (tertiary/aromatic N) is 2. The van der Waals surface area contributed by atoms with Gasteiger partial charge in [-0.25, -0.2) is 9.59 Å². The number of carbonyl (C=O) groups is 3. The van der Waals surface area contributed by atoms with E-state index in [1.54, 1.807) is 68.5 Å². The van der Waals surface area contributed by atoms with E-state index >= 15 is 0 Å². The number of benzene rings is 2. The molecule has 4 rings (SSSR count). The topological polar surface area (TPSA) is 109 Å². The molecule has 1 aliphatic rings. The van der Waals surface area contributed by atoms with Crippen molar-refractivity contribution in [3.05, 3.63) is 81.5 Å². The molecule has 0 saturated heterocycles. The van der Waals surface area contributed by atoms with Crippen LogP contribution in [-0.2, 0) is 9.53 Å². The third-order valence-electron chi connectivity index (χ3n) is 5.08. The maximum atomic E-state index is 13.0. The maximum absolute atomic E-state index is 13.0. The summed E-state index contributed by atoms with van der Waals surface area (Å²) >= 11 is 3.27. The van der Waals surface area contributed by atoms with E-state index in [0.717, 1.165) is 0 Å². The number of ether oxygens (including phenoxy) is 1. The zero-order valence-electron chi connectivity index (χ0n) is 18.2. The minimum Gasteiger partial charge on any atom is -0.478 e. The van der Waals surface area contributed by atoms with E-state index in [0.29, 0.717) is 44.1 Å². The number of carboxylic acid groups (broad SMARTS) is 1. The number of halogens is 1. The molecule has 0 unspecified atom stereocenters. The van der Waals surface area contributed by atoms with Gasteiger partial charge in [-0.05, 0) is 74.5 Å². The first-order valence-electron chi connectivity index (χ1n) is 10.3. The summed E-state index contributed by atoms with van der Waals surface area (Å²) in [5.41, 5.74) is 2.23. The second-order valence-corrected chi connectivity index (χ2v) is 8.24. The third kappa shape index (κ3) is 4.55. The molecule has 0 radical (unpaired) electrons. The highest BCUT2D eigenvalue weighted by atomic mass is 79.9. The Labute approximate surface area is 203 Å². The van der Waals surface area contributed by atoms with Crippen molar-refractivity contribution in [2.24, 2.45) is 5.10 Å². The molecule has 8 nitrogen and oxygen atoms in total. The van der Waals surface area contributed by atoms with Crippen LogP contribution in [0.1, 0.15) is 40.3 Å². The van der Waals surface area contributed by atoms with E-state index in [9.17, 15) is 19.5 Å². The van der Waals surface area contributed by atoms with Gasteiger partial charge in [0.05, 0.1) is 34.7 Å². The van der Waals surface area contributed by atoms with Crippen molar-refractivity contribution in [2.45, 2.75) is 13.8 Å². The number of furan rings is 1. The summed E-state index contributed by atoms with van der Waals surface area (Å²) in [6, 6.07) is 14.6. The average Bonchev–Trinajstić information content (AvgIpc) is 3.39. The molecular weight excluding hydrogens is 504 g/mol. The second-order valence-electron chi connectivity index (χ2n) is 7.32. The van der Waals surface area contributed by atoms with Gasteiger partial charge in [0, 0.05) is 10.0 Å². The highest BCUT2D eigenvalue weighted by Gasteiger charge is 2.29. The van der Waals surface area contributed by atoms with Gasteiger partial charge in [0.2, 0.25) is 0 Å². The largest absolute Gasteiger partial charge is 0.478 e. The highest BCUT2D eigenvalue weighted by molar-refractivity contribution is 9.10. The smallest absolute Gasteiger partial charge is 0.338 e. The average molecular weight is 523 g/mol. The van der Waals surface area contributed by atoms with E-state index in [1.807, 2.05) is 0 Å². The van der Waals surface area contributed by atoms with Gasteiger partial charge in [-0.3, -0.25) is 4.79 Å². The van der Waals surface area contributed by atoms with Gasteiger partial charge in [-0.2, -0.15) is 10.1 Å². The van der Waals surface area contributed by atoms with Crippen molar-refractivity contribution in [1.82, 2.24) is 0 Å². The molecule has 1 aliphatic heterocycles. The molecule has 2 aromatic carbocycles. The molecule has 0 saturated carbocycles. The molecule has 34 heavy (non-hydrogen) atoms. The summed E-state index contributed by atoms with van der Waals surface area (Å²) in [6.07, 6.45) is 1.57. The highest BCUT2D eigenvalue weighted by Crippen LogP contribution is 2.30. The summed E-state index contributed by atoms with van der Waals surface area (Å²) in [6.45, 7) is 3.71. The minimum atomic E-state index is -1.08. The molecular formula is C25H19BrN2O6. The quantitative estimate of drug-likeness (QED) is 0.343. The van der Waals surface area contributed by atoms with Crippen molar-refractivity contribution >= 4 is 51.3 Å². The van der Waals surface area contributed by atoms with Gasteiger partial charge in [0.15, 0.2) is 0 Å². The Balaban J connectivity index is 1.59. The van der Waals surface area contributed by atoms with Gasteiger partial charge in [0.1, 0.15) is 11.5 Å². The van der Waals surface area contributed by atoms with E-state index in [-0.39, 0.29) is 18.1 Å². The number of hydrogen-bond acceptors (Lipinski definition) is 6. The maximum Gasteiger partial charge on any atom is 0.338 e. The van der Waals surface area contributed by atoms with E-state index < -0.39 is 11.9 Å². The van der Waals surface area contributed by atoms with E-state index in [1.165, 1.54) is 11.1 Å². The minimum absolute atomic E-state index is 0.0926. The van der Waals surface area contributed by atoms with Crippen LogP contribution in [-0.4, -0.2) is 35.3 Å². The predicted molar refractivity (Wildman–Crippen MR) is 130 cm³/mol. The third-order valence-corrected chi connectivity index (χ3v) is 5.57. The van der Waals surface area contributed by atoms with E-state index in [4.69, 9.17) is 9.15 Å². The molecule has 9 heteroatoms. The number of rotatable bonds is 6. The molecule has 0 spiro atoms. The van der Waals surface area contributed by atoms with Gasteiger partial charge in [0.25, 0.3) is 5.91 Å². The number of aromatic carboxylic acids is 1. The first-order valence-corrected chi connectivity index (χ1v) is 11.1. The van der Waals surface area contributed by atoms with Crippen LogP contribution in [0, 0.1) is 0 Å². The van der Waals surface area contributed by atoms with Crippen molar-refractivity contribution in [3.63, 3.8) is 0 Å².